The van der Waals surface area contributed by atoms with Crippen LogP contribution in [0.1, 0.15) is 12.0 Å². The number of hydrogen-bond acceptors (Lipinski definition) is 6. The molecular formula is C24H27Cl2N5O2S. The van der Waals surface area contributed by atoms with Gasteiger partial charge in [0.25, 0.3) is 0 Å². The van der Waals surface area contributed by atoms with Gasteiger partial charge < -0.3 is 10.1 Å². The van der Waals surface area contributed by atoms with Crippen molar-refractivity contribution >= 4 is 40.9 Å². The van der Waals surface area contributed by atoms with Crippen LogP contribution in [0.2, 0.25) is 10.0 Å². The van der Waals surface area contributed by atoms with Crippen LogP contribution in [0, 0.1) is 6.92 Å². The predicted octanol–water partition coefficient (Wildman–Crippen LogP) is 4.48. The highest BCUT2D eigenvalue weighted by Crippen LogP contribution is 2.31. The Labute approximate surface area is 213 Å². The van der Waals surface area contributed by atoms with E-state index in [2.05, 4.69) is 20.4 Å². The highest BCUT2D eigenvalue weighted by Gasteiger charge is 2.18. The molecule has 0 saturated carbocycles. The molecule has 1 aliphatic heterocycles. The maximum Gasteiger partial charge on any atom is 0.230 e. The van der Waals surface area contributed by atoms with Crippen LogP contribution in [0.5, 0.6) is 0 Å². The molecule has 1 aliphatic rings. The van der Waals surface area contributed by atoms with Gasteiger partial charge in [-0.3, -0.25) is 14.3 Å². The van der Waals surface area contributed by atoms with E-state index in [1.165, 1.54) is 11.8 Å². The summed E-state index contributed by atoms with van der Waals surface area (Å²) < 4.78 is 7.27. The van der Waals surface area contributed by atoms with E-state index in [1.807, 2.05) is 41.8 Å². The first-order valence-corrected chi connectivity index (χ1v) is 12.9. The summed E-state index contributed by atoms with van der Waals surface area (Å²) in [6.45, 7) is 7.12. The fourth-order valence-electron chi connectivity index (χ4n) is 3.65. The quantitative estimate of drug-likeness (QED) is 0.332. The second-order valence-corrected chi connectivity index (χ2v) is 9.81. The molecule has 2 aromatic carbocycles. The van der Waals surface area contributed by atoms with Crippen molar-refractivity contribution in [2.75, 3.05) is 45.1 Å². The molecule has 3 aromatic rings. The lowest BCUT2D eigenvalue weighted by Gasteiger charge is -2.26. The number of nitrogens with zero attached hydrogens (tertiary/aromatic N) is 4. The number of benzene rings is 2. The van der Waals surface area contributed by atoms with Gasteiger partial charge in [0.1, 0.15) is 0 Å². The summed E-state index contributed by atoms with van der Waals surface area (Å²) in [5.41, 5.74) is 2.86. The molecule has 34 heavy (non-hydrogen) atoms. The van der Waals surface area contributed by atoms with Gasteiger partial charge in [0.05, 0.1) is 34.7 Å². The predicted molar refractivity (Wildman–Crippen MR) is 137 cm³/mol. The van der Waals surface area contributed by atoms with Crippen LogP contribution < -0.4 is 5.32 Å². The van der Waals surface area contributed by atoms with Crippen LogP contribution in [0.4, 0.5) is 0 Å². The Kier molecular flexibility index (Phi) is 8.86. The lowest BCUT2D eigenvalue weighted by atomic mass is 10.1. The number of ether oxygens (including phenoxy) is 1. The highest BCUT2D eigenvalue weighted by atomic mass is 35.5. The van der Waals surface area contributed by atoms with Gasteiger partial charge in [-0.15, -0.1) is 10.2 Å². The van der Waals surface area contributed by atoms with Crippen molar-refractivity contribution in [2.24, 2.45) is 0 Å². The molecule has 0 atom stereocenters. The van der Waals surface area contributed by atoms with Gasteiger partial charge in [-0.25, -0.2) is 0 Å². The van der Waals surface area contributed by atoms with Crippen LogP contribution in [0.3, 0.4) is 0 Å². The number of morpholine rings is 1. The first-order chi connectivity index (χ1) is 16.5. The second-order valence-electron chi connectivity index (χ2n) is 8.05. The SMILES string of the molecule is Cc1ccc(-c2nnc(SCC(=O)NCCCN3CCOCC3)n2-c2ccc(Cl)c(Cl)c2)cc1. The third-order valence-corrected chi connectivity index (χ3v) is 7.18. The zero-order chi connectivity index (χ0) is 23.9. The molecule has 7 nitrogen and oxygen atoms in total. The molecule has 1 amide bonds. The average molecular weight is 520 g/mol. The molecule has 180 valence electrons. The van der Waals surface area contributed by atoms with Crippen molar-refractivity contribution in [3.8, 4) is 17.1 Å². The summed E-state index contributed by atoms with van der Waals surface area (Å²) >= 11 is 13.8. The third kappa shape index (κ3) is 6.52. The van der Waals surface area contributed by atoms with Gasteiger partial charge in [0.15, 0.2) is 11.0 Å². The Morgan fingerprint density at radius 3 is 2.59 bits per heavy atom. The van der Waals surface area contributed by atoms with Crippen molar-refractivity contribution in [2.45, 2.75) is 18.5 Å². The van der Waals surface area contributed by atoms with Gasteiger partial charge in [-0.2, -0.15) is 0 Å². The standard InChI is InChI=1S/C24H27Cl2N5O2S/c1-17-3-5-18(6-4-17)23-28-29-24(31(23)19-7-8-20(25)21(26)15-19)34-16-22(32)27-9-2-10-30-11-13-33-14-12-30/h3-8,15H,2,9-14,16H2,1H3,(H,27,32). The highest BCUT2D eigenvalue weighted by molar-refractivity contribution is 7.99. The number of hydrogen-bond donors (Lipinski definition) is 1. The summed E-state index contributed by atoms with van der Waals surface area (Å²) in [4.78, 5) is 14.8. The molecule has 0 spiro atoms. The van der Waals surface area contributed by atoms with E-state index in [9.17, 15) is 4.79 Å². The van der Waals surface area contributed by atoms with Gasteiger partial charge in [-0.05, 0) is 38.1 Å². The number of carbonyl (C=O) groups excluding carboxylic acids is 1. The number of thioether (sulfide) groups is 1. The van der Waals surface area contributed by atoms with Gasteiger partial charge in [0, 0.05) is 25.2 Å². The van der Waals surface area contributed by atoms with E-state index in [-0.39, 0.29) is 11.7 Å². The minimum Gasteiger partial charge on any atom is -0.379 e. The molecule has 0 unspecified atom stereocenters. The Morgan fingerprint density at radius 1 is 1.09 bits per heavy atom. The molecule has 2 heterocycles. The molecule has 1 aromatic heterocycles. The van der Waals surface area contributed by atoms with Crippen LogP contribution in [-0.4, -0.2) is 70.7 Å². The van der Waals surface area contributed by atoms with E-state index in [4.69, 9.17) is 27.9 Å². The minimum atomic E-state index is -0.0347. The molecule has 1 saturated heterocycles. The third-order valence-electron chi connectivity index (χ3n) is 5.51. The number of aryl methyl sites for hydroxylation is 1. The Bertz CT molecular complexity index is 1120. The van der Waals surface area contributed by atoms with Gasteiger partial charge >= 0.3 is 0 Å². The first-order valence-electron chi connectivity index (χ1n) is 11.2. The number of aromatic nitrogens is 3. The maximum absolute atomic E-state index is 12.5. The number of halogens is 2. The summed E-state index contributed by atoms with van der Waals surface area (Å²) in [5.74, 6) is 0.879. The fourth-order valence-corrected chi connectivity index (χ4v) is 4.72. The summed E-state index contributed by atoms with van der Waals surface area (Å²) in [6, 6.07) is 13.5. The first kappa shape index (κ1) is 25.0. The Morgan fingerprint density at radius 2 is 1.85 bits per heavy atom. The number of rotatable bonds is 9. The summed E-state index contributed by atoms with van der Waals surface area (Å²) in [6.07, 6.45) is 0.910. The number of carbonyl (C=O) groups is 1. The van der Waals surface area contributed by atoms with Crippen molar-refractivity contribution in [1.82, 2.24) is 25.0 Å². The zero-order valence-corrected chi connectivity index (χ0v) is 21.3. The lowest BCUT2D eigenvalue weighted by Crippen LogP contribution is -2.38. The van der Waals surface area contributed by atoms with Crippen LogP contribution in [0.25, 0.3) is 17.1 Å². The van der Waals surface area contributed by atoms with E-state index < -0.39 is 0 Å². The van der Waals surface area contributed by atoms with E-state index in [1.54, 1.807) is 12.1 Å². The lowest BCUT2D eigenvalue weighted by molar-refractivity contribution is -0.118. The minimum absolute atomic E-state index is 0.0347. The topological polar surface area (TPSA) is 72.3 Å². The Balaban J connectivity index is 1.43. The summed E-state index contributed by atoms with van der Waals surface area (Å²) in [7, 11) is 0. The van der Waals surface area contributed by atoms with Crippen molar-refractivity contribution in [3.05, 3.63) is 58.1 Å². The van der Waals surface area contributed by atoms with Crippen LogP contribution in [-0.2, 0) is 9.53 Å². The average Bonchev–Trinajstić information content (AvgIpc) is 3.27. The number of amides is 1. The van der Waals surface area contributed by atoms with Crippen molar-refractivity contribution < 1.29 is 9.53 Å². The molecule has 0 aliphatic carbocycles. The van der Waals surface area contributed by atoms with Gasteiger partial charge in [-0.1, -0.05) is 64.8 Å². The smallest absolute Gasteiger partial charge is 0.230 e. The molecule has 10 heteroatoms. The van der Waals surface area contributed by atoms with Crippen LogP contribution in [0.15, 0.2) is 47.6 Å². The molecule has 1 N–H and O–H groups in total. The maximum atomic E-state index is 12.5. The summed E-state index contributed by atoms with van der Waals surface area (Å²) in [5, 5.41) is 13.3. The fraction of sp³-hybridized carbons (Fsp3) is 0.375. The molecule has 0 bridgehead atoms. The van der Waals surface area contributed by atoms with Crippen molar-refractivity contribution in [1.29, 1.82) is 0 Å². The zero-order valence-electron chi connectivity index (χ0n) is 19.0. The number of nitrogens with one attached hydrogen (secondary N) is 1. The van der Waals surface area contributed by atoms with Crippen molar-refractivity contribution in [3.63, 3.8) is 0 Å². The molecule has 0 radical (unpaired) electrons. The monoisotopic (exact) mass is 519 g/mol. The van der Waals surface area contributed by atoms with Gasteiger partial charge in [0.2, 0.25) is 5.91 Å². The molecule has 4 rings (SSSR count). The van der Waals surface area contributed by atoms with E-state index in [0.717, 1.165) is 56.1 Å². The van der Waals surface area contributed by atoms with E-state index >= 15 is 0 Å². The largest absolute Gasteiger partial charge is 0.379 e. The van der Waals surface area contributed by atoms with Crippen LogP contribution >= 0.6 is 35.0 Å². The molecular weight excluding hydrogens is 493 g/mol. The Hall–Kier alpha value is -2.10. The van der Waals surface area contributed by atoms with E-state index in [0.29, 0.717) is 27.6 Å². The normalized spacial score (nSPS) is 14.3. The molecule has 1 fully saturated rings. The second kappa shape index (κ2) is 12.0.